The van der Waals surface area contributed by atoms with Gasteiger partial charge in [0.25, 0.3) is 0 Å². The normalized spacial score (nSPS) is 11.5. The van der Waals surface area contributed by atoms with Crippen LogP contribution in [0.1, 0.15) is 11.4 Å². The maximum Gasteiger partial charge on any atom is 0.195 e. The van der Waals surface area contributed by atoms with Gasteiger partial charge in [0.15, 0.2) is 4.96 Å². The minimum Gasteiger partial charge on any atom is -0.497 e. The molecule has 88 valence electrons. The minimum atomic E-state index is 0.00482. The van der Waals surface area contributed by atoms with Crippen LogP contribution in [-0.4, -0.2) is 21.6 Å². The molecule has 0 aliphatic carbocycles. The molecule has 0 bridgehead atoms. The average Bonchev–Trinajstić information content (AvgIpc) is 2.82. The number of ether oxygens (including phenoxy) is 1. The van der Waals surface area contributed by atoms with Crippen molar-refractivity contribution in [3.63, 3.8) is 0 Å². The highest BCUT2D eigenvalue weighted by molar-refractivity contribution is 7.23. The highest BCUT2D eigenvalue weighted by Crippen LogP contribution is 2.31. The lowest BCUT2D eigenvalue weighted by atomic mass is 10.3. The first-order chi connectivity index (χ1) is 8.24. The third kappa shape index (κ3) is 1.43. The summed E-state index contributed by atoms with van der Waals surface area (Å²) in [6.07, 6.45) is 0. The van der Waals surface area contributed by atoms with E-state index in [1.807, 2.05) is 29.5 Å². The van der Waals surface area contributed by atoms with Gasteiger partial charge in [-0.1, -0.05) is 11.3 Å². The lowest BCUT2D eigenvalue weighted by molar-refractivity contribution is 0.275. The Morgan fingerprint density at radius 2 is 2.29 bits per heavy atom. The first-order valence-corrected chi connectivity index (χ1v) is 6.11. The SMILES string of the molecule is COc1ccc2c(c1)sc1nc(C)c(CO)n12. The molecule has 0 saturated heterocycles. The van der Waals surface area contributed by atoms with Gasteiger partial charge in [-0.05, 0) is 25.1 Å². The van der Waals surface area contributed by atoms with Crippen molar-refractivity contribution in [3.8, 4) is 5.75 Å². The molecule has 1 aromatic carbocycles. The highest BCUT2D eigenvalue weighted by atomic mass is 32.1. The van der Waals surface area contributed by atoms with E-state index in [0.29, 0.717) is 0 Å². The average molecular weight is 248 g/mol. The predicted octanol–water partition coefficient (Wildman–Crippen LogP) is 2.36. The maximum absolute atomic E-state index is 9.40. The van der Waals surface area contributed by atoms with Crippen molar-refractivity contribution in [1.82, 2.24) is 9.38 Å². The molecule has 0 unspecified atom stereocenters. The molecule has 0 radical (unpaired) electrons. The Bertz CT molecular complexity index is 699. The number of fused-ring (bicyclic) bond motifs is 3. The zero-order valence-corrected chi connectivity index (χ0v) is 10.4. The number of thiazole rings is 1. The molecule has 0 amide bonds. The minimum absolute atomic E-state index is 0.00482. The molecule has 0 saturated carbocycles. The van der Waals surface area contributed by atoms with Crippen molar-refractivity contribution >= 4 is 26.5 Å². The van der Waals surface area contributed by atoms with Crippen molar-refractivity contribution in [2.45, 2.75) is 13.5 Å². The van der Waals surface area contributed by atoms with Crippen LogP contribution in [0, 0.1) is 6.92 Å². The zero-order valence-electron chi connectivity index (χ0n) is 9.60. The summed E-state index contributed by atoms with van der Waals surface area (Å²) in [6.45, 7) is 1.92. The predicted molar refractivity (Wildman–Crippen MR) is 67.8 cm³/mol. The molecule has 5 heteroatoms. The molecule has 3 rings (SSSR count). The Hall–Kier alpha value is -1.59. The summed E-state index contributed by atoms with van der Waals surface area (Å²) in [5, 5.41) is 9.40. The number of benzene rings is 1. The van der Waals surface area contributed by atoms with Gasteiger partial charge in [-0.2, -0.15) is 0 Å². The first kappa shape index (κ1) is 10.6. The van der Waals surface area contributed by atoms with Gasteiger partial charge in [-0.3, -0.25) is 4.40 Å². The molecule has 0 aliphatic rings. The highest BCUT2D eigenvalue weighted by Gasteiger charge is 2.13. The summed E-state index contributed by atoms with van der Waals surface area (Å²) in [6, 6.07) is 5.91. The largest absolute Gasteiger partial charge is 0.497 e. The van der Waals surface area contributed by atoms with Crippen LogP contribution in [0.4, 0.5) is 0 Å². The molecule has 0 fully saturated rings. The number of aryl methyl sites for hydroxylation is 1. The zero-order chi connectivity index (χ0) is 12.0. The van der Waals surface area contributed by atoms with Crippen LogP contribution in [0.25, 0.3) is 15.2 Å². The van der Waals surface area contributed by atoms with Crippen molar-refractivity contribution < 1.29 is 9.84 Å². The van der Waals surface area contributed by atoms with E-state index in [1.165, 1.54) is 0 Å². The third-order valence-electron chi connectivity index (χ3n) is 2.90. The molecule has 2 heterocycles. The molecule has 3 aromatic rings. The van der Waals surface area contributed by atoms with Crippen molar-refractivity contribution in [2.75, 3.05) is 7.11 Å². The van der Waals surface area contributed by atoms with E-state index in [1.54, 1.807) is 18.4 Å². The van der Waals surface area contributed by atoms with Gasteiger partial charge in [-0.25, -0.2) is 4.98 Å². The van der Waals surface area contributed by atoms with E-state index in [9.17, 15) is 5.11 Å². The maximum atomic E-state index is 9.40. The number of aliphatic hydroxyl groups is 1. The molecule has 0 atom stereocenters. The van der Waals surface area contributed by atoms with E-state index < -0.39 is 0 Å². The van der Waals surface area contributed by atoms with E-state index in [2.05, 4.69) is 4.98 Å². The lowest BCUT2D eigenvalue weighted by Crippen LogP contribution is -1.92. The van der Waals surface area contributed by atoms with E-state index in [-0.39, 0.29) is 6.61 Å². The van der Waals surface area contributed by atoms with E-state index in [0.717, 1.165) is 32.3 Å². The van der Waals surface area contributed by atoms with Gasteiger partial charge in [0.1, 0.15) is 5.75 Å². The Kier molecular flexibility index (Phi) is 2.31. The number of methoxy groups -OCH3 is 1. The number of imidazole rings is 1. The van der Waals surface area contributed by atoms with Crippen molar-refractivity contribution in [2.24, 2.45) is 0 Å². The number of hydrogen-bond acceptors (Lipinski definition) is 4. The van der Waals surface area contributed by atoms with E-state index in [4.69, 9.17) is 4.74 Å². The summed E-state index contributed by atoms with van der Waals surface area (Å²) < 4.78 is 8.32. The van der Waals surface area contributed by atoms with Gasteiger partial charge in [0.05, 0.1) is 35.3 Å². The standard InChI is InChI=1S/C12H12N2O2S/c1-7-10(6-15)14-9-4-3-8(16-2)5-11(9)17-12(14)13-7/h3-5,15H,6H2,1-2H3. The van der Waals surface area contributed by atoms with Crippen LogP contribution < -0.4 is 4.74 Å². The van der Waals surface area contributed by atoms with Gasteiger partial charge < -0.3 is 9.84 Å². The summed E-state index contributed by atoms with van der Waals surface area (Å²) >= 11 is 1.60. The fourth-order valence-electron chi connectivity index (χ4n) is 2.02. The van der Waals surface area contributed by atoms with Crippen LogP contribution in [0.5, 0.6) is 5.75 Å². The topological polar surface area (TPSA) is 46.8 Å². The van der Waals surface area contributed by atoms with E-state index >= 15 is 0 Å². The molecule has 0 aliphatic heterocycles. The van der Waals surface area contributed by atoms with Gasteiger partial charge in [-0.15, -0.1) is 0 Å². The van der Waals surface area contributed by atoms with Gasteiger partial charge >= 0.3 is 0 Å². The molecular formula is C12H12N2O2S. The second kappa shape index (κ2) is 3.72. The third-order valence-corrected chi connectivity index (χ3v) is 3.90. The van der Waals surface area contributed by atoms with Crippen LogP contribution in [-0.2, 0) is 6.61 Å². The summed E-state index contributed by atoms with van der Waals surface area (Å²) in [5.41, 5.74) is 2.81. The second-order valence-corrected chi connectivity index (χ2v) is 4.86. The van der Waals surface area contributed by atoms with Crippen LogP contribution in [0.15, 0.2) is 18.2 Å². The van der Waals surface area contributed by atoms with Crippen LogP contribution >= 0.6 is 11.3 Å². The van der Waals surface area contributed by atoms with Crippen LogP contribution in [0.2, 0.25) is 0 Å². The number of aliphatic hydroxyl groups excluding tert-OH is 1. The Morgan fingerprint density at radius 3 is 3.00 bits per heavy atom. The molecular weight excluding hydrogens is 236 g/mol. The summed E-state index contributed by atoms with van der Waals surface area (Å²) in [4.78, 5) is 5.37. The smallest absolute Gasteiger partial charge is 0.195 e. The first-order valence-electron chi connectivity index (χ1n) is 5.30. The Morgan fingerprint density at radius 1 is 1.47 bits per heavy atom. The fraction of sp³-hybridized carbons (Fsp3) is 0.250. The molecule has 4 nitrogen and oxygen atoms in total. The second-order valence-electron chi connectivity index (χ2n) is 3.86. The summed E-state index contributed by atoms with van der Waals surface area (Å²) in [5.74, 6) is 0.837. The summed E-state index contributed by atoms with van der Waals surface area (Å²) in [7, 11) is 1.66. The Balaban J connectivity index is 2.40. The van der Waals surface area contributed by atoms with Crippen molar-refractivity contribution in [3.05, 3.63) is 29.6 Å². The van der Waals surface area contributed by atoms with Gasteiger partial charge in [0.2, 0.25) is 0 Å². The number of nitrogens with zero attached hydrogens (tertiary/aromatic N) is 2. The quantitative estimate of drug-likeness (QED) is 0.757. The number of hydrogen-bond donors (Lipinski definition) is 1. The molecule has 0 spiro atoms. The molecule has 1 N–H and O–H groups in total. The van der Waals surface area contributed by atoms with Crippen LogP contribution in [0.3, 0.4) is 0 Å². The fourth-order valence-corrected chi connectivity index (χ4v) is 3.14. The molecule has 17 heavy (non-hydrogen) atoms. The van der Waals surface area contributed by atoms with Gasteiger partial charge in [0, 0.05) is 0 Å². The molecule has 2 aromatic heterocycles. The lowest BCUT2D eigenvalue weighted by Gasteiger charge is -2.00. The number of aromatic nitrogens is 2. The monoisotopic (exact) mass is 248 g/mol. The van der Waals surface area contributed by atoms with Crippen molar-refractivity contribution in [1.29, 1.82) is 0 Å². The number of rotatable bonds is 2. The Labute approximate surface area is 102 Å².